The van der Waals surface area contributed by atoms with Crippen molar-refractivity contribution >= 4 is 0 Å². The van der Waals surface area contributed by atoms with Crippen LogP contribution < -0.4 is 0 Å². The Hall–Kier alpha value is -2.29. The normalized spacial score (nSPS) is 11.2. The second-order valence-corrected chi connectivity index (χ2v) is 3.32. The third kappa shape index (κ3) is 2.28. The van der Waals surface area contributed by atoms with Gasteiger partial charge in [-0.25, -0.2) is 4.98 Å². The minimum atomic E-state index is -4.38. The molecular weight excluding hydrogens is 231 g/mol. The summed E-state index contributed by atoms with van der Waals surface area (Å²) in [5.74, 6) is 0.0670. The number of benzene rings is 1. The Labute approximate surface area is 94.5 Å². The molecule has 2 rings (SSSR count). The Morgan fingerprint density at radius 2 is 2.06 bits per heavy atom. The maximum Gasteiger partial charge on any atom is 0.416 e. The Morgan fingerprint density at radius 3 is 2.65 bits per heavy atom. The summed E-state index contributed by atoms with van der Waals surface area (Å²) in [6.07, 6.45) is -2.99. The van der Waals surface area contributed by atoms with E-state index >= 15 is 0 Å². The first-order valence-electron chi connectivity index (χ1n) is 4.64. The molecule has 0 spiro atoms. The standard InChI is InChI=1S/C11H6F3N3/c12-11(13,14)8-3-1-2-7(4-8)9-6-16-10(5-15)17-9/h1-4,6H,(H,16,17). The average molecular weight is 237 g/mol. The summed E-state index contributed by atoms with van der Waals surface area (Å²) >= 11 is 0. The molecule has 1 heterocycles. The lowest BCUT2D eigenvalue weighted by molar-refractivity contribution is -0.137. The molecule has 0 aliphatic rings. The predicted molar refractivity (Wildman–Crippen MR) is 53.7 cm³/mol. The van der Waals surface area contributed by atoms with Gasteiger partial charge in [-0.15, -0.1) is 0 Å². The molecule has 1 aromatic carbocycles. The van der Waals surface area contributed by atoms with Gasteiger partial charge >= 0.3 is 6.18 Å². The largest absolute Gasteiger partial charge is 0.416 e. The number of nitrogens with one attached hydrogen (secondary N) is 1. The van der Waals surface area contributed by atoms with Gasteiger partial charge in [-0.3, -0.25) is 0 Å². The smallest absolute Gasteiger partial charge is 0.336 e. The van der Waals surface area contributed by atoms with E-state index < -0.39 is 11.7 Å². The van der Waals surface area contributed by atoms with Crippen molar-refractivity contribution in [1.29, 1.82) is 5.26 Å². The third-order valence-corrected chi connectivity index (χ3v) is 2.17. The predicted octanol–water partition coefficient (Wildman–Crippen LogP) is 2.97. The monoisotopic (exact) mass is 237 g/mol. The van der Waals surface area contributed by atoms with Crippen molar-refractivity contribution < 1.29 is 13.2 Å². The van der Waals surface area contributed by atoms with Crippen LogP contribution in [0.4, 0.5) is 13.2 Å². The average Bonchev–Trinajstić information content (AvgIpc) is 2.76. The van der Waals surface area contributed by atoms with E-state index in [1.54, 1.807) is 6.07 Å². The summed E-state index contributed by atoms with van der Waals surface area (Å²) in [7, 11) is 0. The summed E-state index contributed by atoms with van der Waals surface area (Å²) in [6, 6.07) is 6.57. The fraction of sp³-hybridized carbons (Fsp3) is 0.0909. The van der Waals surface area contributed by atoms with Crippen LogP contribution in [0.3, 0.4) is 0 Å². The van der Waals surface area contributed by atoms with Gasteiger partial charge in [0, 0.05) is 11.8 Å². The van der Waals surface area contributed by atoms with E-state index in [-0.39, 0.29) is 5.82 Å². The van der Waals surface area contributed by atoms with Crippen LogP contribution in [0.2, 0.25) is 0 Å². The number of hydrogen-bond acceptors (Lipinski definition) is 2. The Morgan fingerprint density at radius 1 is 1.29 bits per heavy atom. The molecule has 0 bridgehead atoms. The highest BCUT2D eigenvalue weighted by Crippen LogP contribution is 2.31. The van der Waals surface area contributed by atoms with Crippen LogP contribution in [0.5, 0.6) is 0 Å². The number of hydrogen-bond donors (Lipinski definition) is 1. The van der Waals surface area contributed by atoms with E-state index in [0.717, 1.165) is 12.1 Å². The second-order valence-electron chi connectivity index (χ2n) is 3.32. The van der Waals surface area contributed by atoms with Crippen molar-refractivity contribution in [2.75, 3.05) is 0 Å². The first kappa shape index (κ1) is 11.2. The van der Waals surface area contributed by atoms with Crippen LogP contribution in [0.15, 0.2) is 30.5 Å². The minimum Gasteiger partial charge on any atom is -0.336 e. The van der Waals surface area contributed by atoms with Crippen molar-refractivity contribution in [3.8, 4) is 17.3 Å². The van der Waals surface area contributed by atoms with Gasteiger partial charge in [0.15, 0.2) is 0 Å². The fourth-order valence-electron chi connectivity index (χ4n) is 1.38. The number of imidazole rings is 1. The van der Waals surface area contributed by atoms with Gasteiger partial charge in [0.25, 0.3) is 0 Å². The highest BCUT2D eigenvalue weighted by molar-refractivity contribution is 5.60. The zero-order valence-corrected chi connectivity index (χ0v) is 8.42. The molecule has 0 amide bonds. The summed E-state index contributed by atoms with van der Waals surface area (Å²) < 4.78 is 37.4. The SMILES string of the molecule is N#Cc1nc(-c2cccc(C(F)(F)F)c2)c[nH]1. The van der Waals surface area contributed by atoms with Crippen molar-refractivity contribution in [3.63, 3.8) is 0 Å². The number of rotatable bonds is 1. The second kappa shape index (κ2) is 3.94. The molecular formula is C11H6F3N3. The maximum absolute atomic E-state index is 12.5. The molecule has 17 heavy (non-hydrogen) atoms. The molecule has 0 saturated carbocycles. The number of aromatic nitrogens is 2. The van der Waals surface area contributed by atoms with E-state index in [1.165, 1.54) is 18.3 Å². The molecule has 0 saturated heterocycles. The van der Waals surface area contributed by atoms with E-state index in [0.29, 0.717) is 11.3 Å². The summed E-state index contributed by atoms with van der Waals surface area (Å²) in [4.78, 5) is 6.40. The Balaban J connectivity index is 2.44. The van der Waals surface area contributed by atoms with Gasteiger partial charge < -0.3 is 4.98 Å². The molecule has 0 fully saturated rings. The quantitative estimate of drug-likeness (QED) is 0.828. The molecule has 0 atom stereocenters. The van der Waals surface area contributed by atoms with Gasteiger partial charge in [-0.1, -0.05) is 12.1 Å². The van der Waals surface area contributed by atoms with Crippen molar-refractivity contribution in [2.45, 2.75) is 6.18 Å². The van der Waals surface area contributed by atoms with Crippen molar-refractivity contribution in [3.05, 3.63) is 41.9 Å². The number of H-pyrrole nitrogens is 1. The highest BCUT2D eigenvalue weighted by atomic mass is 19.4. The van der Waals surface area contributed by atoms with Crippen LogP contribution in [0, 0.1) is 11.3 Å². The maximum atomic E-state index is 12.5. The summed E-state index contributed by atoms with van der Waals surface area (Å²) in [5, 5.41) is 8.56. The van der Waals surface area contributed by atoms with E-state index in [1.807, 2.05) is 0 Å². The molecule has 3 nitrogen and oxygen atoms in total. The van der Waals surface area contributed by atoms with Crippen molar-refractivity contribution in [1.82, 2.24) is 9.97 Å². The molecule has 2 aromatic rings. The molecule has 1 N–H and O–H groups in total. The zero-order chi connectivity index (χ0) is 12.5. The third-order valence-electron chi connectivity index (χ3n) is 2.17. The van der Waals surface area contributed by atoms with Crippen LogP contribution in [0.25, 0.3) is 11.3 Å². The van der Waals surface area contributed by atoms with Crippen molar-refractivity contribution in [2.24, 2.45) is 0 Å². The van der Waals surface area contributed by atoms with Gasteiger partial charge in [-0.2, -0.15) is 18.4 Å². The highest BCUT2D eigenvalue weighted by Gasteiger charge is 2.30. The Kier molecular flexibility index (Phi) is 2.60. The molecule has 1 aromatic heterocycles. The molecule has 0 aliphatic heterocycles. The van der Waals surface area contributed by atoms with Gasteiger partial charge in [0.2, 0.25) is 5.82 Å². The van der Waals surface area contributed by atoms with Gasteiger partial charge in [0.05, 0.1) is 11.3 Å². The molecule has 0 unspecified atom stereocenters. The number of alkyl halides is 3. The number of aromatic amines is 1. The lowest BCUT2D eigenvalue weighted by Gasteiger charge is -2.07. The van der Waals surface area contributed by atoms with E-state index in [9.17, 15) is 13.2 Å². The van der Waals surface area contributed by atoms with E-state index in [2.05, 4.69) is 9.97 Å². The number of nitriles is 1. The van der Waals surface area contributed by atoms with Crippen LogP contribution in [-0.2, 0) is 6.18 Å². The van der Waals surface area contributed by atoms with Crippen LogP contribution >= 0.6 is 0 Å². The van der Waals surface area contributed by atoms with Crippen LogP contribution in [0.1, 0.15) is 11.4 Å². The van der Waals surface area contributed by atoms with Crippen LogP contribution in [-0.4, -0.2) is 9.97 Å². The van der Waals surface area contributed by atoms with Gasteiger partial charge in [0.1, 0.15) is 6.07 Å². The van der Waals surface area contributed by atoms with Gasteiger partial charge in [-0.05, 0) is 12.1 Å². The summed E-state index contributed by atoms with van der Waals surface area (Å²) in [6.45, 7) is 0. The molecule has 0 radical (unpaired) electrons. The first-order valence-corrected chi connectivity index (χ1v) is 4.64. The Bertz CT molecular complexity index is 578. The zero-order valence-electron chi connectivity index (χ0n) is 8.42. The fourth-order valence-corrected chi connectivity index (χ4v) is 1.38. The number of nitrogens with zero attached hydrogens (tertiary/aromatic N) is 2. The number of halogens is 3. The molecule has 6 heteroatoms. The topological polar surface area (TPSA) is 52.5 Å². The van der Waals surface area contributed by atoms with E-state index in [4.69, 9.17) is 5.26 Å². The first-order chi connectivity index (χ1) is 8.00. The molecule has 0 aliphatic carbocycles. The molecule has 86 valence electrons. The lowest BCUT2D eigenvalue weighted by atomic mass is 10.1. The summed E-state index contributed by atoms with van der Waals surface area (Å²) in [5.41, 5.74) is -0.110. The lowest BCUT2D eigenvalue weighted by Crippen LogP contribution is -2.04. The minimum absolute atomic E-state index is 0.0670.